The molecule has 0 unspecified atom stereocenters. The van der Waals surface area contributed by atoms with Gasteiger partial charge >= 0.3 is 6.18 Å². The first kappa shape index (κ1) is 12.3. The van der Waals surface area contributed by atoms with Crippen molar-refractivity contribution in [2.45, 2.75) is 22.5 Å². The molecule has 1 aliphatic heterocycles. The zero-order valence-corrected chi connectivity index (χ0v) is 10.0. The van der Waals surface area contributed by atoms with E-state index in [4.69, 9.17) is 5.73 Å². The Hall–Kier alpha value is -1.74. The smallest absolute Gasteiger partial charge is 0.399 e. The maximum atomic E-state index is 12.5. The number of halogens is 3. The van der Waals surface area contributed by atoms with Crippen LogP contribution in [0, 0.1) is 0 Å². The Balaban J connectivity index is 2.10. The number of nitrogen functional groups attached to an aromatic ring is 1. The highest BCUT2D eigenvalue weighted by Gasteiger charge is 2.39. The minimum Gasteiger partial charge on any atom is -0.399 e. The molecule has 3 rings (SSSR count). The fraction of sp³-hybridized carbons (Fsp3) is 0.200. The van der Waals surface area contributed by atoms with Gasteiger partial charge in [-0.1, -0.05) is 0 Å². The number of aromatic nitrogens is 3. The SMILES string of the molecule is Nc1ccc2c(c1)[C@@H](O)n1nc(C(F)(F)F)nc1S2. The van der Waals surface area contributed by atoms with Crippen molar-refractivity contribution in [2.75, 3.05) is 5.73 Å². The monoisotopic (exact) mass is 288 g/mol. The van der Waals surface area contributed by atoms with Gasteiger partial charge in [0, 0.05) is 16.1 Å². The fourth-order valence-corrected chi connectivity index (χ4v) is 2.73. The van der Waals surface area contributed by atoms with Crippen molar-refractivity contribution >= 4 is 17.4 Å². The Kier molecular flexibility index (Phi) is 2.51. The number of nitrogens with two attached hydrogens (primary N) is 1. The number of hydrogen-bond acceptors (Lipinski definition) is 5. The predicted octanol–water partition coefficient (Wildman–Crippen LogP) is 1.88. The summed E-state index contributed by atoms with van der Waals surface area (Å²) >= 11 is 1.01. The van der Waals surface area contributed by atoms with Gasteiger partial charge in [-0.2, -0.15) is 18.2 Å². The number of alkyl halides is 3. The lowest BCUT2D eigenvalue weighted by atomic mass is 10.2. The van der Waals surface area contributed by atoms with Gasteiger partial charge in [-0.05, 0) is 30.0 Å². The Labute approximate surface area is 109 Å². The topological polar surface area (TPSA) is 77.0 Å². The van der Waals surface area contributed by atoms with Gasteiger partial charge in [0.15, 0.2) is 11.4 Å². The standard InChI is InChI=1S/C10H7F3N4OS/c11-10(12,13)8-15-9-17(16-8)7(18)5-3-4(14)1-2-6(5)19-9/h1-3,7,18H,14H2/t7-/m1/s1. The normalized spacial score (nSPS) is 18.0. The van der Waals surface area contributed by atoms with E-state index < -0.39 is 18.2 Å². The second kappa shape index (κ2) is 3.87. The summed E-state index contributed by atoms with van der Waals surface area (Å²) in [5, 5.41) is 13.3. The molecule has 100 valence electrons. The van der Waals surface area contributed by atoms with Crippen LogP contribution in [0.4, 0.5) is 18.9 Å². The summed E-state index contributed by atoms with van der Waals surface area (Å²) in [5.41, 5.74) is 6.42. The van der Waals surface area contributed by atoms with E-state index in [0.29, 0.717) is 16.1 Å². The molecule has 0 bridgehead atoms. The van der Waals surface area contributed by atoms with E-state index in [1.54, 1.807) is 12.1 Å². The van der Waals surface area contributed by atoms with Gasteiger partial charge in [-0.15, -0.1) is 5.10 Å². The zero-order valence-electron chi connectivity index (χ0n) is 9.22. The molecule has 1 aromatic carbocycles. The van der Waals surface area contributed by atoms with Crippen molar-refractivity contribution in [3.05, 3.63) is 29.6 Å². The van der Waals surface area contributed by atoms with Crippen LogP contribution < -0.4 is 5.73 Å². The summed E-state index contributed by atoms with van der Waals surface area (Å²) in [5.74, 6) is -1.27. The molecule has 0 saturated heterocycles. The van der Waals surface area contributed by atoms with Crippen LogP contribution in [0.15, 0.2) is 28.3 Å². The summed E-state index contributed by atoms with van der Waals surface area (Å²) in [6, 6.07) is 4.74. The van der Waals surface area contributed by atoms with Crippen molar-refractivity contribution in [1.29, 1.82) is 0 Å². The van der Waals surface area contributed by atoms with Gasteiger partial charge in [0.25, 0.3) is 5.82 Å². The van der Waals surface area contributed by atoms with E-state index in [9.17, 15) is 18.3 Å². The molecule has 1 aliphatic rings. The third kappa shape index (κ3) is 1.94. The third-order valence-corrected chi connectivity index (χ3v) is 3.65. The maximum Gasteiger partial charge on any atom is 0.453 e. The molecule has 1 atom stereocenters. The second-order valence-corrected chi connectivity index (χ2v) is 4.94. The second-order valence-electron chi connectivity index (χ2n) is 3.93. The van der Waals surface area contributed by atoms with E-state index >= 15 is 0 Å². The molecule has 2 aromatic rings. The molecule has 0 saturated carbocycles. The van der Waals surface area contributed by atoms with Gasteiger partial charge in [0.2, 0.25) is 0 Å². The lowest BCUT2D eigenvalue weighted by molar-refractivity contribution is -0.145. The van der Waals surface area contributed by atoms with Crippen LogP contribution in [0.1, 0.15) is 17.6 Å². The van der Waals surface area contributed by atoms with E-state index in [2.05, 4.69) is 10.1 Å². The number of rotatable bonds is 0. The Morgan fingerprint density at radius 3 is 2.79 bits per heavy atom. The first-order valence-electron chi connectivity index (χ1n) is 5.15. The molecule has 0 spiro atoms. The average molecular weight is 288 g/mol. The number of aliphatic hydroxyl groups excluding tert-OH is 1. The number of benzene rings is 1. The summed E-state index contributed by atoms with van der Waals surface area (Å²) < 4.78 is 38.5. The van der Waals surface area contributed by atoms with Crippen LogP contribution in [-0.4, -0.2) is 19.9 Å². The Morgan fingerprint density at radius 2 is 2.11 bits per heavy atom. The number of anilines is 1. The number of hydrogen-bond donors (Lipinski definition) is 2. The molecule has 3 N–H and O–H groups in total. The molecule has 19 heavy (non-hydrogen) atoms. The van der Waals surface area contributed by atoms with E-state index in [0.717, 1.165) is 16.4 Å². The average Bonchev–Trinajstić information content (AvgIpc) is 2.74. The molecule has 5 nitrogen and oxygen atoms in total. The molecule has 0 radical (unpaired) electrons. The first-order valence-corrected chi connectivity index (χ1v) is 5.97. The summed E-state index contributed by atoms with van der Waals surface area (Å²) in [7, 11) is 0. The molecule has 2 heterocycles. The van der Waals surface area contributed by atoms with Crippen molar-refractivity contribution < 1.29 is 18.3 Å². The van der Waals surface area contributed by atoms with Crippen LogP contribution in [0.3, 0.4) is 0 Å². The molecule has 0 amide bonds. The van der Waals surface area contributed by atoms with Crippen molar-refractivity contribution in [1.82, 2.24) is 14.8 Å². The van der Waals surface area contributed by atoms with Crippen LogP contribution >= 0.6 is 11.8 Å². The van der Waals surface area contributed by atoms with Crippen molar-refractivity contribution in [3.63, 3.8) is 0 Å². The lowest BCUT2D eigenvalue weighted by Crippen LogP contribution is -2.18. The maximum absolute atomic E-state index is 12.5. The fourth-order valence-electron chi connectivity index (χ4n) is 1.75. The molecule has 0 fully saturated rings. The molecular formula is C10H7F3N4OS. The lowest BCUT2D eigenvalue weighted by Gasteiger charge is -2.21. The molecule has 1 aromatic heterocycles. The highest BCUT2D eigenvalue weighted by atomic mass is 32.2. The highest BCUT2D eigenvalue weighted by Crippen LogP contribution is 2.41. The van der Waals surface area contributed by atoms with Crippen LogP contribution in [-0.2, 0) is 6.18 Å². The minimum absolute atomic E-state index is 0.00269. The summed E-state index contributed by atoms with van der Waals surface area (Å²) in [6.45, 7) is 0. The summed E-state index contributed by atoms with van der Waals surface area (Å²) in [4.78, 5) is 4.00. The van der Waals surface area contributed by atoms with Gasteiger partial charge in [0.1, 0.15) is 0 Å². The molecular weight excluding hydrogens is 281 g/mol. The zero-order chi connectivity index (χ0) is 13.8. The van der Waals surface area contributed by atoms with E-state index in [1.807, 2.05) is 0 Å². The Morgan fingerprint density at radius 1 is 1.37 bits per heavy atom. The number of aliphatic hydroxyl groups is 1. The molecule has 9 heteroatoms. The predicted molar refractivity (Wildman–Crippen MR) is 60.4 cm³/mol. The minimum atomic E-state index is -4.64. The van der Waals surface area contributed by atoms with Gasteiger partial charge in [-0.3, -0.25) is 0 Å². The third-order valence-electron chi connectivity index (χ3n) is 2.60. The Bertz CT molecular complexity index is 655. The van der Waals surface area contributed by atoms with Crippen LogP contribution in [0.25, 0.3) is 0 Å². The van der Waals surface area contributed by atoms with Gasteiger partial charge in [0.05, 0.1) is 0 Å². The van der Waals surface area contributed by atoms with Crippen LogP contribution in [0.2, 0.25) is 0 Å². The first-order chi connectivity index (χ1) is 8.86. The number of nitrogens with zero attached hydrogens (tertiary/aromatic N) is 3. The summed E-state index contributed by atoms with van der Waals surface area (Å²) in [6.07, 6.45) is -5.96. The van der Waals surface area contributed by atoms with Crippen molar-refractivity contribution in [2.24, 2.45) is 0 Å². The quantitative estimate of drug-likeness (QED) is 0.724. The largest absolute Gasteiger partial charge is 0.453 e. The van der Waals surface area contributed by atoms with E-state index in [-0.39, 0.29) is 5.16 Å². The van der Waals surface area contributed by atoms with Gasteiger partial charge < -0.3 is 10.8 Å². The van der Waals surface area contributed by atoms with Crippen LogP contribution in [0.5, 0.6) is 0 Å². The molecule has 0 aliphatic carbocycles. The van der Waals surface area contributed by atoms with Crippen molar-refractivity contribution in [3.8, 4) is 0 Å². The number of fused-ring (bicyclic) bond motifs is 2. The highest BCUT2D eigenvalue weighted by molar-refractivity contribution is 7.99. The van der Waals surface area contributed by atoms with Gasteiger partial charge in [-0.25, -0.2) is 4.68 Å². The van der Waals surface area contributed by atoms with E-state index in [1.165, 1.54) is 6.07 Å².